The second-order valence-corrected chi connectivity index (χ2v) is 3.49. The minimum atomic E-state index is 0.0235. The van der Waals surface area contributed by atoms with Crippen molar-refractivity contribution in [3.8, 4) is 0 Å². The third-order valence-corrected chi connectivity index (χ3v) is 2.76. The highest BCUT2D eigenvalue weighted by Crippen LogP contribution is 2.09. The Morgan fingerprint density at radius 3 is 2.42 bits per heavy atom. The average Bonchev–Trinajstić information content (AvgIpc) is 2.17. The van der Waals surface area contributed by atoms with Crippen molar-refractivity contribution >= 4 is 20.7 Å². The van der Waals surface area contributed by atoms with Gasteiger partial charge in [0.25, 0.3) is 0 Å². The molecule has 1 heterocycles. The smallest absolute Gasteiger partial charge is 0.317 e. The highest BCUT2D eigenvalue weighted by atomic mass is 31.1. The monoisotopic (exact) mass is 187 g/mol. The Morgan fingerprint density at radius 1 is 1.42 bits per heavy atom. The van der Waals surface area contributed by atoms with Gasteiger partial charge in [0.15, 0.2) is 0 Å². The summed E-state index contributed by atoms with van der Waals surface area (Å²) in [4.78, 5) is 13.0. The fourth-order valence-electron chi connectivity index (χ4n) is 1.20. The van der Waals surface area contributed by atoms with E-state index in [9.17, 15) is 4.79 Å². The minimum Gasteiger partial charge on any atom is -0.341 e. The van der Waals surface area contributed by atoms with Crippen molar-refractivity contribution < 1.29 is 4.79 Å². The van der Waals surface area contributed by atoms with E-state index >= 15 is 0 Å². The van der Waals surface area contributed by atoms with Crippen LogP contribution >= 0.6 is 8.35 Å². The van der Waals surface area contributed by atoms with Crippen LogP contribution in [0.1, 0.15) is 0 Å². The van der Waals surface area contributed by atoms with Crippen molar-refractivity contribution in [2.24, 2.45) is 0 Å². The van der Waals surface area contributed by atoms with Gasteiger partial charge in [0.1, 0.15) is 0 Å². The molecule has 68 valence electrons. The molecule has 0 atom stereocenters. The minimum absolute atomic E-state index is 0.0235. The molecular weight excluding hydrogens is 173 g/mol. The molecule has 0 unspecified atom stereocenters. The van der Waals surface area contributed by atoms with Crippen LogP contribution in [0.4, 0.5) is 4.79 Å². The van der Waals surface area contributed by atoms with E-state index in [-0.39, 0.29) is 6.03 Å². The lowest BCUT2D eigenvalue weighted by atomic mass is 10.4. The summed E-state index contributed by atoms with van der Waals surface area (Å²) in [5.74, 6) is 0. The first-order valence-corrected chi connectivity index (χ1v) is 4.99. The predicted octanol–water partition coefficient (Wildman–Crippen LogP) is 0.237. The molecule has 0 aromatic heterocycles. The van der Waals surface area contributed by atoms with Gasteiger partial charge in [-0.05, 0) is 8.35 Å². The van der Waals surface area contributed by atoms with Crippen molar-refractivity contribution in [1.29, 1.82) is 0 Å². The molecule has 1 aliphatic rings. The van der Waals surface area contributed by atoms with Crippen molar-refractivity contribution in [1.82, 2.24) is 14.9 Å². The van der Waals surface area contributed by atoms with Crippen molar-refractivity contribution in [2.45, 2.75) is 0 Å². The van der Waals surface area contributed by atoms with E-state index in [1.807, 2.05) is 4.90 Å². The van der Waals surface area contributed by atoms with Crippen LogP contribution in [-0.2, 0) is 0 Å². The summed E-state index contributed by atoms with van der Waals surface area (Å²) >= 11 is 0. The maximum absolute atomic E-state index is 11.1. The predicted molar refractivity (Wildman–Crippen MR) is 51.6 cm³/mol. The summed E-state index contributed by atoms with van der Waals surface area (Å²) in [6.07, 6.45) is 3.78. The SMILES string of the molecule is C=PN1CCN(C(=O)NC)CC1. The summed E-state index contributed by atoms with van der Waals surface area (Å²) in [7, 11) is 2.71. The number of amides is 2. The zero-order chi connectivity index (χ0) is 8.97. The molecule has 1 aliphatic heterocycles. The highest BCUT2D eigenvalue weighted by Gasteiger charge is 2.18. The second-order valence-electron chi connectivity index (χ2n) is 2.64. The molecule has 0 radical (unpaired) electrons. The standard InChI is InChI=1S/C7H14N3OP/c1-8-7(11)9-3-5-10(12-2)6-4-9/h2-6H2,1H3,(H,8,11). The first-order chi connectivity index (χ1) is 5.77. The Hall–Kier alpha value is -0.600. The van der Waals surface area contributed by atoms with Crippen LogP contribution in [0.25, 0.3) is 0 Å². The third kappa shape index (κ3) is 2.19. The van der Waals surface area contributed by atoms with Gasteiger partial charge in [0.05, 0.1) is 0 Å². The van der Waals surface area contributed by atoms with E-state index in [0.29, 0.717) is 0 Å². The summed E-state index contributed by atoms with van der Waals surface area (Å²) in [5, 5.41) is 2.62. The second kappa shape index (κ2) is 4.43. The van der Waals surface area contributed by atoms with Crippen LogP contribution in [-0.4, -0.2) is 55.1 Å². The Kier molecular flexibility index (Phi) is 3.50. The zero-order valence-corrected chi connectivity index (χ0v) is 8.18. The van der Waals surface area contributed by atoms with Gasteiger partial charge >= 0.3 is 6.03 Å². The normalized spacial score (nSPS) is 19.6. The van der Waals surface area contributed by atoms with Crippen LogP contribution in [0.15, 0.2) is 0 Å². The van der Waals surface area contributed by atoms with E-state index in [4.69, 9.17) is 0 Å². The number of hydrogen-bond donors (Lipinski definition) is 1. The topological polar surface area (TPSA) is 35.6 Å². The van der Waals surface area contributed by atoms with Crippen LogP contribution in [0.2, 0.25) is 0 Å². The van der Waals surface area contributed by atoms with E-state index in [1.54, 1.807) is 7.05 Å². The molecule has 0 spiro atoms. The Morgan fingerprint density at radius 2 is 2.00 bits per heavy atom. The molecule has 0 bridgehead atoms. The van der Waals surface area contributed by atoms with Gasteiger partial charge < -0.3 is 10.2 Å². The number of piperazine rings is 1. The van der Waals surface area contributed by atoms with E-state index in [1.165, 1.54) is 0 Å². The summed E-state index contributed by atoms with van der Waals surface area (Å²) in [5.41, 5.74) is 0. The van der Waals surface area contributed by atoms with Gasteiger partial charge in [0.2, 0.25) is 0 Å². The Labute approximate surface area is 74.4 Å². The fraction of sp³-hybridized carbons (Fsp3) is 0.714. The molecule has 2 amide bonds. The van der Waals surface area contributed by atoms with Gasteiger partial charge in [-0.15, -0.1) is 0 Å². The summed E-state index contributed by atoms with van der Waals surface area (Å²) in [6.45, 7) is 3.47. The molecule has 1 fully saturated rings. The van der Waals surface area contributed by atoms with Gasteiger partial charge in [-0.3, -0.25) is 4.67 Å². The highest BCUT2D eigenvalue weighted by molar-refractivity contribution is 7.33. The van der Waals surface area contributed by atoms with E-state index < -0.39 is 0 Å². The number of urea groups is 1. The number of rotatable bonds is 1. The third-order valence-electron chi connectivity index (χ3n) is 1.96. The van der Waals surface area contributed by atoms with Crippen LogP contribution in [0.5, 0.6) is 0 Å². The molecular formula is C7H14N3OP. The van der Waals surface area contributed by atoms with Gasteiger partial charge in [-0.25, -0.2) is 4.79 Å². The van der Waals surface area contributed by atoms with Crippen molar-refractivity contribution in [3.63, 3.8) is 0 Å². The Balaban J connectivity index is 2.35. The first kappa shape index (κ1) is 9.49. The molecule has 0 aromatic carbocycles. The lowest BCUT2D eigenvalue weighted by Crippen LogP contribution is -2.48. The average molecular weight is 187 g/mol. The maximum Gasteiger partial charge on any atom is 0.317 e. The number of carbonyl (C=O) groups excluding carboxylic acids is 1. The largest absolute Gasteiger partial charge is 0.341 e. The summed E-state index contributed by atoms with van der Waals surface area (Å²) in [6, 6.07) is 0.0235. The number of nitrogens with zero attached hydrogens (tertiary/aromatic N) is 2. The van der Waals surface area contributed by atoms with Crippen LogP contribution in [0.3, 0.4) is 0 Å². The van der Waals surface area contributed by atoms with Gasteiger partial charge in [-0.1, -0.05) is 6.30 Å². The molecule has 5 heteroatoms. The number of hydrogen-bond acceptors (Lipinski definition) is 2. The van der Waals surface area contributed by atoms with Crippen molar-refractivity contribution in [2.75, 3.05) is 33.2 Å². The quantitative estimate of drug-likeness (QED) is 0.597. The Bertz CT molecular complexity index is 177. The molecule has 0 aliphatic carbocycles. The molecule has 0 saturated carbocycles. The van der Waals surface area contributed by atoms with Crippen LogP contribution in [0, 0.1) is 0 Å². The lowest BCUT2D eigenvalue weighted by Gasteiger charge is -2.31. The molecule has 0 aromatic rings. The van der Waals surface area contributed by atoms with Gasteiger partial charge in [0, 0.05) is 33.2 Å². The maximum atomic E-state index is 11.1. The molecule has 12 heavy (non-hydrogen) atoms. The van der Waals surface area contributed by atoms with Crippen molar-refractivity contribution in [3.05, 3.63) is 0 Å². The number of nitrogens with one attached hydrogen (secondary N) is 1. The van der Waals surface area contributed by atoms with Gasteiger partial charge in [-0.2, -0.15) is 0 Å². The fourth-order valence-corrected chi connectivity index (χ4v) is 1.66. The summed E-state index contributed by atoms with van der Waals surface area (Å²) < 4.78 is 2.21. The molecule has 1 saturated heterocycles. The zero-order valence-electron chi connectivity index (χ0n) is 7.29. The first-order valence-electron chi connectivity index (χ1n) is 3.96. The molecule has 1 rings (SSSR count). The molecule has 1 N–H and O–H groups in total. The molecule has 4 nitrogen and oxygen atoms in total. The number of carbonyl (C=O) groups is 1. The van der Waals surface area contributed by atoms with E-state index in [2.05, 4.69) is 16.3 Å². The lowest BCUT2D eigenvalue weighted by molar-refractivity contribution is 0.177. The van der Waals surface area contributed by atoms with Crippen LogP contribution < -0.4 is 5.32 Å². The van der Waals surface area contributed by atoms with E-state index in [0.717, 1.165) is 34.5 Å².